The zero-order valence-electron chi connectivity index (χ0n) is 19.4. The summed E-state index contributed by atoms with van der Waals surface area (Å²) in [5.74, 6) is -1.68. The lowest BCUT2D eigenvalue weighted by Crippen LogP contribution is -2.37. The number of carbonyl (C=O) groups excluding carboxylic acids is 3. The molecule has 0 saturated heterocycles. The molecule has 3 aromatic rings. The Hall–Kier alpha value is -3.79. The molecule has 0 bridgehead atoms. The Kier molecular flexibility index (Phi) is 6.83. The van der Waals surface area contributed by atoms with E-state index in [-0.39, 0.29) is 29.0 Å². The van der Waals surface area contributed by atoms with Crippen LogP contribution < -0.4 is 10.0 Å². The summed E-state index contributed by atoms with van der Waals surface area (Å²) in [6, 6.07) is 13.2. The Balaban J connectivity index is 1.60. The predicted octanol–water partition coefficient (Wildman–Crippen LogP) is 3.05. The largest absolute Gasteiger partial charge is 0.345 e. The summed E-state index contributed by atoms with van der Waals surface area (Å²) in [5, 5.41) is 3.85. The van der Waals surface area contributed by atoms with Crippen LogP contribution in [0.4, 0.5) is 5.69 Å². The van der Waals surface area contributed by atoms with Crippen molar-refractivity contribution in [1.82, 2.24) is 14.6 Å². The van der Waals surface area contributed by atoms with Gasteiger partial charge in [-0.2, -0.15) is 0 Å². The van der Waals surface area contributed by atoms with Gasteiger partial charge in [0, 0.05) is 31.4 Å². The third-order valence-electron chi connectivity index (χ3n) is 6.00. The van der Waals surface area contributed by atoms with Gasteiger partial charge < -0.3 is 10.2 Å². The number of nitrogens with one attached hydrogen (secondary N) is 2. The average molecular weight is 495 g/mol. The predicted molar refractivity (Wildman–Crippen MR) is 133 cm³/mol. The molecule has 2 aromatic carbocycles. The van der Waals surface area contributed by atoms with E-state index in [2.05, 4.69) is 15.0 Å². The van der Waals surface area contributed by atoms with Crippen molar-refractivity contribution in [2.75, 3.05) is 25.2 Å². The average Bonchev–Trinajstić information content (AvgIpc) is 2.80. The maximum atomic E-state index is 13.2. The first-order chi connectivity index (χ1) is 16.7. The fourth-order valence-electron chi connectivity index (χ4n) is 4.00. The summed E-state index contributed by atoms with van der Waals surface area (Å²) in [7, 11) is -0.520. The molecule has 35 heavy (non-hydrogen) atoms. The Morgan fingerprint density at radius 2 is 1.60 bits per heavy atom. The fourth-order valence-corrected chi connectivity index (χ4v) is 5.42. The summed E-state index contributed by atoms with van der Waals surface area (Å²) in [6.07, 6.45) is 3.99. The molecule has 1 heterocycles. The summed E-state index contributed by atoms with van der Waals surface area (Å²) >= 11 is 0. The summed E-state index contributed by atoms with van der Waals surface area (Å²) in [4.78, 5) is 44.0. The highest BCUT2D eigenvalue weighted by atomic mass is 32.2. The molecule has 0 atom stereocenters. The second kappa shape index (κ2) is 9.83. The van der Waals surface area contributed by atoms with Crippen molar-refractivity contribution in [2.45, 2.75) is 19.3 Å². The molecule has 1 aliphatic carbocycles. The van der Waals surface area contributed by atoms with E-state index in [9.17, 15) is 22.8 Å². The van der Waals surface area contributed by atoms with Gasteiger partial charge in [-0.1, -0.05) is 30.7 Å². The highest BCUT2D eigenvalue weighted by Gasteiger charge is 2.27. The zero-order chi connectivity index (χ0) is 25.2. The molecule has 3 amide bonds. The molecule has 1 aliphatic rings. The number of rotatable bonds is 7. The molecule has 1 saturated carbocycles. The molecule has 9 nitrogen and oxygen atoms in total. The van der Waals surface area contributed by atoms with Gasteiger partial charge in [0.1, 0.15) is 0 Å². The number of hydrogen-bond donors (Lipinski definition) is 2. The van der Waals surface area contributed by atoms with E-state index in [4.69, 9.17) is 0 Å². The van der Waals surface area contributed by atoms with Crippen molar-refractivity contribution in [3.05, 3.63) is 71.5 Å². The summed E-state index contributed by atoms with van der Waals surface area (Å²) < 4.78 is 26.8. The highest BCUT2D eigenvalue weighted by molar-refractivity contribution is 7.90. The molecule has 0 unspecified atom stereocenters. The number of sulfonamides is 1. The van der Waals surface area contributed by atoms with Crippen molar-refractivity contribution in [2.24, 2.45) is 5.92 Å². The van der Waals surface area contributed by atoms with E-state index < -0.39 is 21.8 Å². The van der Waals surface area contributed by atoms with Crippen molar-refractivity contribution < 1.29 is 22.8 Å². The number of aromatic nitrogens is 1. The number of amides is 3. The Morgan fingerprint density at radius 1 is 0.943 bits per heavy atom. The minimum absolute atomic E-state index is 0.0545. The van der Waals surface area contributed by atoms with Crippen molar-refractivity contribution in [3.63, 3.8) is 0 Å². The van der Waals surface area contributed by atoms with Crippen LogP contribution in [0, 0.1) is 5.92 Å². The Morgan fingerprint density at radius 3 is 2.23 bits per heavy atom. The molecule has 0 aliphatic heterocycles. The molecule has 0 spiro atoms. The third-order valence-corrected chi connectivity index (χ3v) is 7.41. The molecule has 4 rings (SSSR count). The lowest BCUT2D eigenvalue weighted by atomic mass is 9.87. The van der Waals surface area contributed by atoms with Gasteiger partial charge in [-0.15, -0.1) is 0 Å². The van der Waals surface area contributed by atoms with E-state index in [1.165, 1.54) is 23.2 Å². The van der Waals surface area contributed by atoms with Gasteiger partial charge in [-0.25, -0.2) is 18.1 Å². The second-order valence-electron chi connectivity index (χ2n) is 8.77. The quantitative estimate of drug-likeness (QED) is 0.520. The van der Waals surface area contributed by atoms with E-state index in [0.717, 1.165) is 19.3 Å². The van der Waals surface area contributed by atoms with Crippen LogP contribution in [0.2, 0.25) is 0 Å². The van der Waals surface area contributed by atoms with E-state index >= 15 is 0 Å². The first-order valence-electron chi connectivity index (χ1n) is 11.2. The van der Waals surface area contributed by atoms with E-state index in [1.807, 2.05) is 0 Å². The number of carbonyl (C=O) groups is 3. The molecule has 1 aromatic heterocycles. The fraction of sp³-hybridized carbons (Fsp3) is 0.280. The SMILES string of the molecule is CN(C)C(=O)c1ccc(C(=O)Nc2cccnc2C(=O)NS(=O)(=O)CC2CCC2)c2ccccc12. The van der Waals surface area contributed by atoms with Crippen LogP contribution in [0.1, 0.15) is 50.5 Å². The van der Waals surface area contributed by atoms with Crippen LogP contribution in [0.3, 0.4) is 0 Å². The summed E-state index contributed by atoms with van der Waals surface area (Å²) in [5.41, 5.74) is 0.622. The van der Waals surface area contributed by atoms with Crippen LogP contribution in [-0.2, 0) is 10.0 Å². The number of benzene rings is 2. The lowest BCUT2D eigenvalue weighted by Gasteiger charge is -2.24. The van der Waals surface area contributed by atoms with Crippen molar-refractivity contribution in [3.8, 4) is 0 Å². The maximum absolute atomic E-state index is 13.2. The number of nitrogens with zero attached hydrogens (tertiary/aromatic N) is 2. The smallest absolute Gasteiger partial charge is 0.285 e. The summed E-state index contributed by atoms with van der Waals surface area (Å²) in [6.45, 7) is 0. The maximum Gasteiger partial charge on any atom is 0.285 e. The van der Waals surface area contributed by atoms with Gasteiger partial charge in [0.15, 0.2) is 5.69 Å². The molecular formula is C25H26N4O5S. The van der Waals surface area contributed by atoms with Gasteiger partial charge in [0.2, 0.25) is 10.0 Å². The van der Waals surface area contributed by atoms with E-state index in [0.29, 0.717) is 21.9 Å². The number of pyridine rings is 1. The number of hydrogen-bond acceptors (Lipinski definition) is 6. The zero-order valence-corrected chi connectivity index (χ0v) is 20.3. The number of fused-ring (bicyclic) bond motifs is 1. The van der Waals surface area contributed by atoms with E-state index in [1.54, 1.807) is 50.5 Å². The third kappa shape index (κ3) is 5.32. The standard InChI is InChI=1S/C25H26N4O5S/c1-29(2)25(32)20-13-12-19(17-9-3-4-10-18(17)20)23(30)27-21-11-6-14-26-22(21)24(31)28-35(33,34)15-16-7-5-8-16/h3-4,6,9-14,16H,5,7-8,15H2,1-2H3,(H,27,30)(H,28,31). The van der Waals surface area contributed by atoms with Crippen molar-refractivity contribution >= 4 is 44.2 Å². The van der Waals surface area contributed by atoms with Crippen LogP contribution in [0.15, 0.2) is 54.7 Å². The Bertz CT molecular complexity index is 1410. The minimum Gasteiger partial charge on any atom is -0.345 e. The van der Waals surface area contributed by atoms with Crippen molar-refractivity contribution in [1.29, 1.82) is 0 Å². The molecule has 182 valence electrons. The van der Waals surface area contributed by atoms with Crippen LogP contribution >= 0.6 is 0 Å². The molecule has 0 radical (unpaired) electrons. The van der Waals surface area contributed by atoms with Crippen LogP contribution in [-0.4, -0.2) is 55.9 Å². The molecular weight excluding hydrogens is 468 g/mol. The van der Waals surface area contributed by atoms with Gasteiger partial charge in [-0.05, 0) is 53.8 Å². The monoisotopic (exact) mass is 494 g/mol. The molecule has 1 fully saturated rings. The normalized spacial score (nSPS) is 13.7. The first-order valence-corrected chi connectivity index (χ1v) is 12.9. The molecule has 10 heteroatoms. The van der Waals surface area contributed by atoms with Gasteiger partial charge in [0.05, 0.1) is 11.4 Å². The number of anilines is 1. The Labute approximate surface area is 203 Å². The lowest BCUT2D eigenvalue weighted by molar-refractivity contribution is 0.0828. The van der Waals surface area contributed by atoms with Gasteiger partial charge in [0.25, 0.3) is 17.7 Å². The van der Waals surface area contributed by atoms with Gasteiger partial charge >= 0.3 is 0 Å². The first kappa shape index (κ1) is 24.3. The second-order valence-corrected chi connectivity index (χ2v) is 10.5. The topological polar surface area (TPSA) is 126 Å². The van der Waals surface area contributed by atoms with Crippen LogP contribution in [0.5, 0.6) is 0 Å². The highest BCUT2D eigenvalue weighted by Crippen LogP contribution is 2.28. The minimum atomic E-state index is -3.82. The molecule has 2 N–H and O–H groups in total. The van der Waals surface area contributed by atoms with Crippen LogP contribution in [0.25, 0.3) is 10.8 Å². The van der Waals surface area contributed by atoms with Gasteiger partial charge in [-0.3, -0.25) is 14.4 Å².